The molecule has 1 saturated heterocycles. The minimum absolute atomic E-state index is 0.474. The number of nitrogen functional groups attached to an aromatic ring is 1. The molecule has 9 heteroatoms. The van der Waals surface area contributed by atoms with Gasteiger partial charge in [-0.1, -0.05) is 0 Å². The van der Waals surface area contributed by atoms with Crippen molar-refractivity contribution >= 4 is 43.2 Å². The maximum Gasteiger partial charge on any atom is 0.157 e. The summed E-state index contributed by atoms with van der Waals surface area (Å²) in [7, 11) is 0. The molecular formula is C12H16Br2N2O5. The molecule has 1 aliphatic rings. The largest absolute Gasteiger partial charge is 0.397 e. The van der Waals surface area contributed by atoms with Crippen molar-refractivity contribution < 1.29 is 25.2 Å². The van der Waals surface area contributed by atoms with E-state index in [1.807, 2.05) is 0 Å². The molecule has 0 radical (unpaired) electrons. The summed E-state index contributed by atoms with van der Waals surface area (Å²) in [6, 6.07) is 3.36. The number of aliphatic hydroxyl groups excluding tert-OH is 4. The van der Waals surface area contributed by atoms with Crippen molar-refractivity contribution in [2.75, 3.05) is 17.7 Å². The van der Waals surface area contributed by atoms with Gasteiger partial charge in [-0.25, -0.2) is 0 Å². The first kappa shape index (κ1) is 16.9. The first-order valence-electron chi connectivity index (χ1n) is 6.16. The Balaban J connectivity index is 2.18. The zero-order chi connectivity index (χ0) is 15.7. The Bertz CT molecular complexity index is 493. The van der Waals surface area contributed by atoms with Crippen LogP contribution in [0.2, 0.25) is 0 Å². The maximum atomic E-state index is 9.95. The van der Waals surface area contributed by atoms with Crippen LogP contribution in [0.15, 0.2) is 21.1 Å². The van der Waals surface area contributed by atoms with Gasteiger partial charge in [0, 0.05) is 14.6 Å². The minimum Gasteiger partial charge on any atom is -0.397 e. The summed E-state index contributed by atoms with van der Waals surface area (Å²) in [4.78, 5) is 0. The molecule has 0 bridgehead atoms. The number of aliphatic hydroxyl groups is 4. The molecule has 0 aliphatic carbocycles. The number of benzene rings is 1. The quantitative estimate of drug-likeness (QED) is 0.375. The Morgan fingerprint density at radius 3 is 2.19 bits per heavy atom. The monoisotopic (exact) mass is 426 g/mol. The van der Waals surface area contributed by atoms with E-state index in [1.54, 1.807) is 12.1 Å². The molecule has 7 N–H and O–H groups in total. The van der Waals surface area contributed by atoms with E-state index in [0.29, 0.717) is 20.3 Å². The molecule has 0 spiro atoms. The number of anilines is 2. The van der Waals surface area contributed by atoms with Crippen LogP contribution in [0, 0.1) is 0 Å². The van der Waals surface area contributed by atoms with Crippen LogP contribution in [0.3, 0.4) is 0 Å². The smallest absolute Gasteiger partial charge is 0.157 e. The molecule has 21 heavy (non-hydrogen) atoms. The van der Waals surface area contributed by atoms with E-state index in [2.05, 4.69) is 37.2 Å². The first-order chi connectivity index (χ1) is 9.85. The third-order valence-electron chi connectivity index (χ3n) is 3.28. The average molecular weight is 428 g/mol. The summed E-state index contributed by atoms with van der Waals surface area (Å²) < 4.78 is 6.65. The normalized spacial score (nSPS) is 33.0. The van der Waals surface area contributed by atoms with Gasteiger partial charge in [-0.15, -0.1) is 0 Å². The fourth-order valence-electron chi connectivity index (χ4n) is 2.05. The zero-order valence-corrected chi connectivity index (χ0v) is 14.0. The molecule has 1 heterocycles. The Morgan fingerprint density at radius 1 is 1.10 bits per heavy atom. The molecule has 5 unspecified atom stereocenters. The number of rotatable bonds is 3. The number of hydrogen-bond acceptors (Lipinski definition) is 7. The molecule has 0 aromatic heterocycles. The van der Waals surface area contributed by atoms with Gasteiger partial charge >= 0.3 is 0 Å². The molecule has 2 rings (SSSR count). The van der Waals surface area contributed by atoms with Crippen LogP contribution in [0.25, 0.3) is 0 Å². The maximum absolute atomic E-state index is 9.95. The second kappa shape index (κ2) is 6.78. The molecule has 118 valence electrons. The van der Waals surface area contributed by atoms with Gasteiger partial charge < -0.3 is 36.2 Å². The zero-order valence-electron chi connectivity index (χ0n) is 10.8. The minimum atomic E-state index is -1.42. The predicted octanol–water partition coefficient (Wildman–Crippen LogP) is 0.00560. The Kier molecular flexibility index (Phi) is 5.47. The summed E-state index contributed by atoms with van der Waals surface area (Å²) >= 11 is 6.59. The van der Waals surface area contributed by atoms with Crippen molar-refractivity contribution in [3.05, 3.63) is 21.1 Å². The number of halogens is 2. The lowest BCUT2D eigenvalue weighted by Gasteiger charge is -2.40. The molecule has 0 saturated carbocycles. The lowest BCUT2D eigenvalue weighted by atomic mass is 9.98. The molecule has 5 atom stereocenters. The molecule has 1 aromatic rings. The first-order valence-corrected chi connectivity index (χ1v) is 7.75. The summed E-state index contributed by atoms with van der Waals surface area (Å²) in [5.74, 6) is 0. The van der Waals surface area contributed by atoms with Crippen LogP contribution in [0.5, 0.6) is 0 Å². The van der Waals surface area contributed by atoms with E-state index in [1.165, 1.54) is 0 Å². The van der Waals surface area contributed by atoms with E-state index in [0.717, 1.165) is 0 Å². The van der Waals surface area contributed by atoms with Gasteiger partial charge in [-0.3, -0.25) is 0 Å². The van der Waals surface area contributed by atoms with E-state index in [-0.39, 0.29) is 0 Å². The summed E-state index contributed by atoms with van der Waals surface area (Å²) in [5.41, 5.74) is 6.89. The standard InChI is InChI=1S/C12H16Br2N2O5/c13-5-1-4(2-6(14)8(5)15)16-12-11(20)10(19)9(18)7(3-17)21-12/h1-2,7,9-12,16-20H,3,15H2. The summed E-state index contributed by atoms with van der Waals surface area (Å²) in [5, 5.41) is 41.4. The van der Waals surface area contributed by atoms with Crippen molar-refractivity contribution in [3.63, 3.8) is 0 Å². The van der Waals surface area contributed by atoms with E-state index < -0.39 is 37.3 Å². The van der Waals surface area contributed by atoms with E-state index in [9.17, 15) is 15.3 Å². The average Bonchev–Trinajstić information content (AvgIpc) is 2.45. The molecular weight excluding hydrogens is 412 g/mol. The van der Waals surface area contributed by atoms with Gasteiger partial charge in [0.25, 0.3) is 0 Å². The topological polar surface area (TPSA) is 128 Å². The van der Waals surface area contributed by atoms with Crippen LogP contribution < -0.4 is 11.1 Å². The molecule has 1 aliphatic heterocycles. The van der Waals surface area contributed by atoms with E-state index >= 15 is 0 Å². The fourth-order valence-corrected chi connectivity index (χ4v) is 3.24. The SMILES string of the molecule is Nc1c(Br)cc(NC2OC(CO)C(O)C(O)C2O)cc1Br. The Morgan fingerprint density at radius 2 is 1.67 bits per heavy atom. The van der Waals surface area contributed by atoms with Crippen LogP contribution in [-0.4, -0.2) is 57.7 Å². The van der Waals surface area contributed by atoms with Crippen molar-refractivity contribution in [1.82, 2.24) is 0 Å². The number of nitrogens with one attached hydrogen (secondary N) is 1. The number of ether oxygens (including phenoxy) is 1. The van der Waals surface area contributed by atoms with Gasteiger partial charge in [-0.2, -0.15) is 0 Å². The summed E-state index contributed by atoms with van der Waals surface area (Å²) in [6.45, 7) is -0.474. The highest BCUT2D eigenvalue weighted by Crippen LogP contribution is 2.33. The Labute approximate surface area is 138 Å². The van der Waals surface area contributed by atoms with Crippen molar-refractivity contribution in [2.45, 2.75) is 30.6 Å². The fraction of sp³-hybridized carbons (Fsp3) is 0.500. The molecule has 1 aromatic carbocycles. The second-order valence-electron chi connectivity index (χ2n) is 4.75. The van der Waals surface area contributed by atoms with Crippen molar-refractivity contribution in [1.29, 1.82) is 0 Å². The van der Waals surface area contributed by atoms with Crippen molar-refractivity contribution in [2.24, 2.45) is 0 Å². The van der Waals surface area contributed by atoms with Crippen LogP contribution in [-0.2, 0) is 4.74 Å². The van der Waals surface area contributed by atoms with Crippen LogP contribution in [0.1, 0.15) is 0 Å². The predicted molar refractivity (Wildman–Crippen MR) is 83.6 cm³/mol. The van der Waals surface area contributed by atoms with Gasteiger partial charge in [0.2, 0.25) is 0 Å². The molecule has 0 amide bonds. The van der Waals surface area contributed by atoms with Gasteiger partial charge in [0.15, 0.2) is 6.23 Å². The third kappa shape index (κ3) is 3.50. The highest BCUT2D eigenvalue weighted by Gasteiger charge is 2.43. The van der Waals surface area contributed by atoms with Crippen molar-refractivity contribution in [3.8, 4) is 0 Å². The number of nitrogens with two attached hydrogens (primary N) is 1. The van der Waals surface area contributed by atoms with Gasteiger partial charge in [0.05, 0.1) is 12.3 Å². The highest BCUT2D eigenvalue weighted by atomic mass is 79.9. The molecule has 7 nitrogen and oxygen atoms in total. The lowest BCUT2D eigenvalue weighted by Crippen LogP contribution is -2.60. The van der Waals surface area contributed by atoms with Crippen LogP contribution >= 0.6 is 31.9 Å². The summed E-state index contributed by atoms with van der Waals surface area (Å²) in [6.07, 6.45) is -6.09. The van der Waals surface area contributed by atoms with Gasteiger partial charge in [0.1, 0.15) is 24.4 Å². The lowest BCUT2D eigenvalue weighted by molar-refractivity contribution is -0.221. The van der Waals surface area contributed by atoms with Gasteiger partial charge in [-0.05, 0) is 44.0 Å². The number of hydrogen-bond donors (Lipinski definition) is 6. The third-order valence-corrected chi connectivity index (χ3v) is 4.59. The second-order valence-corrected chi connectivity index (χ2v) is 6.46. The highest BCUT2D eigenvalue weighted by molar-refractivity contribution is 9.11. The molecule has 1 fully saturated rings. The van der Waals surface area contributed by atoms with Crippen LogP contribution in [0.4, 0.5) is 11.4 Å². The van der Waals surface area contributed by atoms with E-state index in [4.69, 9.17) is 15.6 Å². The Hall–Kier alpha value is -0.420.